The molecule has 3 amide bonds. The van der Waals surface area contributed by atoms with E-state index in [1.54, 1.807) is 16.4 Å². The van der Waals surface area contributed by atoms with Crippen LogP contribution >= 0.6 is 11.8 Å². The van der Waals surface area contributed by atoms with Gasteiger partial charge in [0.05, 0.1) is 23.6 Å². The molecule has 0 aliphatic carbocycles. The number of nitrogens with one attached hydrogen (secondary N) is 3. The number of benzene rings is 4. The molecular formula is C44H48FN5O6S2. The normalized spacial score (nSPS) is 21.6. The van der Waals surface area contributed by atoms with Gasteiger partial charge in [-0.1, -0.05) is 48.7 Å². The van der Waals surface area contributed by atoms with E-state index in [0.29, 0.717) is 18.5 Å². The summed E-state index contributed by atoms with van der Waals surface area (Å²) in [6.45, 7) is 3.25. The molecule has 4 heterocycles. The van der Waals surface area contributed by atoms with Crippen LogP contribution in [0, 0.1) is 18.7 Å². The van der Waals surface area contributed by atoms with Crippen LogP contribution in [-0.4, -0.2) is 78.0 Å². The lowest BCUT2D eigenvalue weighted by Crippen LogP contribution is -2.52. The molecule has 11 nitrogen and oxygen atoms in total. The van der Waals surface area contributed by atoms with Gasteiger partial charge in [0.25, 0.3) is 5.91 Å². The Morgan fingerprint density at radius 2 is 1.72 bits per heavy atom. The highest BCUT2D eigenvalue weighted by molar-refractivity contribution is 7.99. The number of aliphatic hydroxyl groups is 1. The predicted octanol–water partition coefficient (Wildman–Crippen LogP) is 6.87. The fraction of sp³-hybridized carbons (Fsp3) is 0.386. The second kappa shape index (κ2) is 16.8. The highest BCUT2D eigenvalue weighted by Crippen LogP contribution is 2.49. The van der Waals surface area contributed by atoms with Gasteiger partial charge in [0.2, 0.25) is 21.8 Å². The number of unbranched alkanes of at least 4 members (excludes halogenated alkanes) is 3. The van der Waals surface area contributed by atoms with Crippen molar-refractivity contribution in [1.29, 1.82) is 0 Å². The predicted molar refractivity (Wildman–Crippen MR) is 222 cm³/mol. The number of nitrogens with zero attached hydrogens (tertiary/aromatic N) is 2. The molecule has 2 fully saturated rings. The fourth-order valence-electron chi connectivity index (χ4n) is 8.84. The summed E-state index contributed by atoms with van der Waals surface area (Å²) in [6, 6.07) is 22.7. The van der Waals surface area contributed by atoms with Gasteiger partial charge in [-0.3, -0.25) is 19.7 Å². The zero-order chi connectivity index (χ0) is 40.6. The molecule has 0 bridgehead atoms. The highest BCUT2D eigenvalue weighted by Gasteiger charge is 2.48. The summed E-state index contributed by atoms with van der Waals surface area (Å²) in [5.41, 5.74) is 6.78. The number of hydrogen-bond donors (Lipinski definition) is 4. The van der Waals surface area contributed by atoms with E-state index >= 15 is 0 Å². The van der Waals surface area contributed by atoms with E-state index in [-0.39, 0.29) is 54.7 Å². The van der Waals surface area contributed by atoms with Crippen molar-refractivity contribution in [3.05, 3.63) is 107 Å². The summed E-state index contributed by atoms with van der Waals surface area (Å²) in [6.07, 6.45) is 4.97. The van der Waals surface area contributed by atoms with E-state index in [1.165, 1.54) is 28.8 Å². The van der Waals surface area contributed by atoms with E-state index in [0.717, 1.165) is 82.1 Å². The number of amides is 3. The van der Waals surface area contributed by atoms with Crippen LogP contribution < -0.4 is 16.0 Å². The molecule has 0 radical (unpaired) electrons. The Morgan fingerprint density at radius 1 is 0.931 bits per heavy atom. The molecule has 304 valence electrons. The minimum absolute atomic E-state index is 0.0647. The minimum atomic E-state index is -3.76. The van der Waals surface area contributed by atoms with Gasteiger partial charge in [-0.2, -0.15) is 4.31 Å². The fourth-order valence-corrected chi connectivity index (χ4v) is 11.6. The largest absolute Gasteiger partial charge is 0.394 e. The minimum Gasteiger partial charge on any atom is -0.394 e. The first-order valence-corrected chi connectivity index (χ1v) is 22.5. The standard InChI is InChI=1S/C44H48FN5O6S2/c1-27-9-12-32(13-10-27)58(55,56)50-19-17-33-38(26-51)47-37-14-11-29(22-35(37)42(33)50)28-7-6-8-31(21-28)46-18-4-2-3-5-20-57-40-24-30(45)23-34-36(40)25-49(44(34)54)39-15-16-41(52)48-43(39)53/h6-14,21-24,33,38-39,42,46-47,51H,2-5,15-20,25-26H2,1H3,(H,48,52,53)/t33-,38+,39?,42-/m1/s1. The molecule has 4 aromatic carbocycles. The quantitative estimate of drug-likeness (QED) is 0.0608. The number of sulfonamides is 1. The van der Waals surface area contributed by atoms with Crippen molar-refractivity contribution in [2.45, 2.75) is 86.3 Å². The molecule has 58 heavy (non-hydrogen) atoms. The van der Waals surface area contributed by atoms with Gasteiger partial charge in [-0.05, 0) is 109 Å². The number of hydrogen-bond acceptors (Lipinski definition) is 9. The highest BCUT2D eigenvalue weighted by atomic mass is 32.2. The third-order valence-electron chi connectivity index (χ3n) is 11.9. The maximum absolute atomic E-state index is 14.6. The Kier molecular flexibility index (Phi) is 11.6. The van der Waals surface area contributed by atoms with Gasteiger partial charge in [0.15, 0.2) is 0 Å². The number of imide groups is 1. The van der Waals surface area contributed by atoms with Crippen molar-refractivity contribution in [3.8, 4) is 11.1 Å². The molecule has 8 rings (SSSR count). The molecule has 0 spiro atoms. The van der Waals surface area contributed by atoms with Crippen LogP contribution in [0.3, 0.4) is 0 Å². The smallest absolute Gasteiger partial charge is 0.255 e. The monoisotopic (exact) mass is 825 g/mol. The number of carbonyl (C=O) groups excluding carboxylic acids is 3. The lowest BCUT2D eigenvalue weighted by atomic mass is 9.82. The number of rotatable bonds is 14. The van der Waals surface area contributed by atoms with Gasteiger partial charge in [-0.15, -0.1) is 11.8 Å². The van der Waals surface area contributed by atoms with E-state index in [1.807, 2.05) is 43.3 Å². The summed E-state index contributed by atoms with van der Waals surface area (Å²) < 4.78 is 44.2. The van der Waals surface area contributed by atoms with Gasteiger partial charge < -0.3 is 20.6 Å². The van der Waals surface area contributed by atoms with Gasteiger partial charge in [0.1, 0.15) is 11.9 Å². The first kappa shape index (κ1) is 40.0. The Morgan fingerprint density at radius 3 is 2.52 bits per heavy atom. The zero-order valence-corrected chi connectivity index (χ0v) is 34.0. The second-order valence-corrected chi connectivity index (χ2v) is 18.7. The van der Waals surface area contributed by atoms with Crippen molar-refractivity contribution >= 4 is 50.9 Å². The van der Waals surface area contributed by atoms with E-state index in [4.69, 9.17) is 0 Å². The molecule has 4 atom stereocenters. The van der Waals surface area contributed by atoms with Gasteiger partial charge in [-0.25, -0.2) is 12.8 Å². The second-order valence-electron chi connectivity index (χ2n) is 15.7. The molecule has 4 N–H and O–H groups in total. The van der Waals surface area contributed by atoms with Crippen LogP contribution in [0.2, 0.25) is 0 Å². The first-order chi connectivity index (χ1) is 28.0. The molecule has 0 aromatic heterocycles. The van der Waals surface area contributed by atoms with Crippen LogP contribution in [0.15, 0.2) is 88.7 Å². The summed E-state index contributed by atoms with van der Waals surface area (Å²) in [5, 5.41) is 19.6. The molecule has 4 aliphatic heterocycles. The molecular weight excluding hydrogens is 778 g/mol. The molecule has 14 heteroatoms. The number of aliphatic hydroxyl groups excluding tert-OH is 1. The van der Waals surface area contributed by atoms with Crippen molar-refractivity contribution < 1.29 is 32.3 Å². The molecule has 2 saturated heterocycles. The number of aryl methyl sites for hydroxylation is 1. The van der Waals surface area contributed by atoms with Crippen molar-refractivity contribution in [1.82, 2.24) is 14.5 Å². The average molecular weight is 826 g/mol. The number of piperidine rings is 1. The van der Waals surface area contributed by atoms with Crippen LogP contribution in [0.4, 0.5) is 15.8 Å². The van der Waals surface area contributed by atoms with Crippen LogP contribution in [-0.2, 0) is 26.2 Å². The number of anilines is 2. The van der Waals surface area contributed by atoms with Crippen LogP contribution in [0.1, 0.15) is 78.0 Å². The summed E-state index contributed by atoms with van der Waals surface area (Å²) in [5.74, 6) is -0.973. The first-order valence-electron chi connectivity index (χ1n) is 20.1. The SMILES string of the molecule is Cc1ccc(S(=O)(=O)N2CC[C@@H]3[C@H](CO)Nc4ccc(-c5cccc(NCCCCCCSc6cc(F)cc7c6CN(C6CCC(=O)NC6=O)C7=O)c5)cc4[C@@H]32)cc1. The summed E-state index contributed by atoms with van der Waals surface area (Å²) >= 11 is 1.53. The van der Waals surface area contributed by atoms with Crippen molar-refractivity contribution in [3.63, 3.8) is 0 Å². The zero-order valence-electron chi connectivity index (χ0n) is 32.4. The average Bonchev–Trinajstić information content (AvgIpc) is 3.81. The molecule has 1 unspecified atom stereocenters. The number of fused-ring (bicyclic) bond motifs is 4. The number of halogens is 1. The van der Waals surface area contributed by atoms with E-state index in [9.17, 15) is 32.3 Å². The lowest BCUT2D eigenvalue weighted by Gasteiger charge is -2.39. The maximum atomic E-state index is 14.6. The topological polar surface area (TPSA) is 148 Å². The van der Waals surface area contributed by atoms with Crippen LogP contribution in [0.25, 0.3) is 11.1 Å². The van der Waals surface area contributed by atoms with Gasteiger partial charge in [0, 0.05) is 53.8 Å². The Bertz CT molecular complexity index is 2340. The Hall–Kier alpha value is -4.76. The lowest BCUT2D eigenvalue weighted by molar-refractivity contribution is -0.136. The van der Waals surface area contributed by atoms with E-state index < -0.39 is 33.8 Å². The summed E-state index contributed by atoms with van der Waals surface area (Å²) in [7, 11) is -3.76. The molecule has 4 aliphatic rings. The van der Waals surface area contributed by atoms with Crippen molar-refractivity contribution in [2.24, 2.45) is 5.92 Å². The summed E-state index contributed by atoms with van der Waals surface area (Å²) in [4.78, 5) is 39.7. The maximum Gasteiger partial charge on any atom is 0.255 e. The van der Waals surface area contributed by atoms with Gasteiger partial charge >= 0.3 is 0 Å². The van der Waals surface area contributed by atoms with Crippen molar-refractivity contribution in [2.75, 3.05) is 36.1 Å². The Balaban J connectivity index is 0.849. The van der Waals surface area contributed by atoms with Crippen LogP contribution in [0.5, 0.6) is 0 Å². The number of carbonyl (C=O) groups is 3. The number of thioether (sulfide) groups is 1. The Labute approximate surface area is 342 Å². The molecule has 4 aromatic rings. The third kappa shape index (κ3) is 7.99. The molecule has 0 saturated carbocycles. The van der Waals surface area contributed by atoms with E-state index in [2.05, 4.69) is 34.1 Å². The third-order valence-corrected chi connectivity index (χ3v) is 14.9.